The monoisotopic (exact) mass is 292 g/mol. The number of piperazine rings is 1. The van der Waals surface area contributed by atoms with Crippen LogP contribution < -0.4 is 5.73 Å². The van der Waals surface area contributed by atoms with Gasteiger partial charge in [0.05, 0.1) is 12.2 Å². The van der Waals surface area contributed by atoms with E-state index in [9.17, 15) is 13.2 Å². The van der Waals surface area contributed by atoms with Gasteiger partial charge in [-0.1, -0.05) is 12.1 Å². The number of carbonyl (C=O) groups is 1. The maximum Gasteiger partial charge on any atom is 0.233 e. The van der Waals surface area contributed by atoms with E-state index in [4.69, 9.17) is 10.9 Å². The Balaban J connectivity index is 2.67. The molecule has 0 bridgehead atoms. The number of hydrogen-bond acceptors (Lipinski definition) is 5. The lowest BCUT2D eigenvalue weighted by atomic mass is 10.0. The largest absolute Gasteiger partial charge is 0.409 e. The molecule has 0 aromatic rings. The number of amidine groups is 1. The lowest BCUT2D eigenvalue weighted by molar-refractivity contribution is -0.134. The summed E-state index contributed by atoms with van der Waals surface area (Å²) in [5, 5.41) is 11.5. The van der Waals surface area contributed by atoms with Crippen molar-refractivity contribution >= 4 is 21.8 Å². The van der Waals surface area contributed by atoms with Gasteiger partial charge in [-0.3, -0.25) is 4.79 Å². The quantitative estimate of drug-likeness (QED) is 0.294. The minimum Gasteiger partial charge on any atom is -0.409 e. The number of carbonyl (C=O) groups excluding carboxylic acids is 1. The summed E-state index contributed by atoms with van der Waals surface area (Å²) in [6.07, 6.45) is 1.58. The van der Waals surface area contributed by atoms with Crippen LogP contribution in [0, 0.1) is 5.92 Å². The first-order chi connectivity index (χ1) is 8.81. The minimum absolute atomic E-state index is 0.113. The smallest absolute Gasteiger partial charge is 0.233 e. The molecular weight excluding hydrogens is 272 g/mol. The molecule has 1 aliphatic heterocycles. The van der Waals surface area contributed by atoms with E-state index in [0.717, 1.165) is 6.26 Å². The zero-order chi connectivity index (χ0) is 14.6. The van der Waals surface area contributed by atoms with E-state index >= 15 is 0 Å². The third-order valence-corrected chi connectivity index (χ3v) is 4.50. The van der Waals surface area contributed by atoms with Crippen molar-refractivity contribution in [1.29, 1.82) is 0 Å². The Kier molecular flexibility index (Phi) is 5.12. The van der Waals surface area contributed by atoms with E-state index in [2.05, 4.69) is 5.16 Å². The molecule has 1 rings (SSSR count). The highest BCUT2D eigenvalue weighted by molar-refractivity contribution is 7.88. The Morgan fingerprint density at radius 3 is 2.26 bits per heavy atom. The molecule has 3 N–H and O–H groups in total. The molecule has 0 saturated carbocycles. The van der Waals surface area contributed by atoms with Crippen LogP contribution in [0.1, 0.15) is 13.3 Å². The van der Waals surface area contributed by atoms with Crippen LogP contribution in [-0.2, 0) is 14.8 Å². The van der Waals surface area contributed by atoms with Gasteiger partial charge in [0.25, 0.3) is 0 Å². The Hall–Kier alpha value is -1.35. The first-order valence-corrected chi connectivity index (χ1v) is 7.87. The number of nitrogens with two attached hydrogens (primary N) is 1. The molecule has 8 nitrogen and oxygen atoms in total. The van der Waals surface area contributed by atoms with Gasteiger partial charge in [-0.2, -0.15) is 4.31 Å². The number of rotatable bonds is 4. The maximum absolute atomic E-state index is 12.2. The second kappa shape index (κ2) is 6.20. The molecule has 1 fully saturated rings. The van der Waals surface area contributed by atoms with E-state index in [-0.39, 0.29) is 24.8 Å². The average molecular weight is 292 g/mol. The fourth-order valence-electron chi connectivity index (χ4n) is 2.04. The van der Waals surface area contributed by atoms with E-state index in [1.165, 1.54) is 4.31 Å². The zero-order valence-electron chi connectivity index (χ0n) is 11.1. The van der Waals surface area contributed by atoms with E-state index in [1.54, 1.807) is 11.8 Å². The predicted molar refractivity (Wildman–Crippen MR) is 70.2 cm³/mol. The highest BCUT2D eigenvalue weighted by Crippen LogP contribution is 2.12. The standard InChI is InChI=1S/C10H20N4O4S/c1-3-8(9(11)12-16)10(15)13-4-6-14(7-5-13)19(2,17)18/h8,16H,3-7H2,1-2H3,(H2,11,12). The molecule has 0 aromatic heterocycles. The van der Waals surface area contributed by atoms with Gasteiger partial charge in [0.15, 0.2) is 5.84 Å². The fourth-order valence-corrected chi connectivity index (χ4v) is 2.87. The predicted octanol–water partition coefficient (Wildman–Crippen LogP) is -1.14. The molecule has 110 valence electrons. The zero-order valence-corrected chi connectivity index (χ0v) is 11.9. The highest BCUT2D eigenvalue weighted by Gasteiger charge is 2.31. The molecule has 1 aliphatic rings. The van der Waals surface area contributed by atoms with Gasteiger partial charge in [-0.15, -0.1) is 0 Å². The Bertz CT molecular complexity index is 454. The molecule has 0 spiro atoms. The average Bonchev–Trinajstić information content (AvgIpc) is 2.38. The molecule has 19 heavy (non-hydrogen) atoms. The topological polar surface area (TPSA) is 116 Å². The van der Waals surface area contributed by atoms with Crippen molar-refractivity contribution in [2.45, 2.75) is 13.3 Å². The number of hydrogen-bond donors (Lipinski definition) is 2. The first-order valence-electron chi connectivity index (χ1n) is 6.02. The third kappa shape index (κ3) is 3.80. The highest BCUT2D eigenvalue weighted by atomic mass is 32.2. The fraction of sp³-hybridized carbons (Fsp3) is 0.800. The molecule has 1 unspecified atom stereocenters. The van der Waals surface area contributed by atoms with Crippen LogP contribution in [0.2, 0.25) is 0 Å². The molecule has 1 saturated heterocycles. The Morgan fingerprint density at radius 1 is 1.37 bits per heavy atom. The van der Waals surface area contributed by atoms with Gasteiger partial charge >= 0.3 is 0 Å². The van der Waals surface area contributed by atoms with Crippen molar-refractivity contribution < 1.29 is 18.4 Å². The minimum atomic E-state index is -3.21. The van der Waals surface area contributed by atoms with Crippen LogP contribution >= 0.6 is 0 Å². The summed E-state index contributed by atoms with van der Waals surface area (Å²) in [6.45, 7) is 2.96. The molecule has 1 heterocycles. The van der Waals surface area contributed by atoms with Gasteiger partial charge in [-0.05, 0) is 6.42 Å². The van der Waals surface area contributed by atoms with Gasteiger partial charge < -0.3 is 15.8 Å². The molecule has 1 amide bonds. The lowest BCUT2D eigenvalue weighted by Gasteiger charge is -2.34. The van der Waals surface area contributed by atoms with Crippen molar-refractivity contribution in [2.24, 2.45) is 16.8 Å². The van der Waals surface area contributed by atoms with Crippen LogP contribution in [0.4, 0.5) is 0 Å². The van der Waals surface area contributed by atoms with E-state index in [1.807, 2.05) is 0 Å². The summed E-state index contributed by atoms with van der Waals surface area (Å²) in [6, 6.07) is 0. The third-order valence-electron chi connectivity index (χ3n) is 3.20. The van der Waals surface area contributed by atoms with Crippen molar-refractivity contribution in [1.82, 2.24) is 9.21 Å². The lowest BCUT2D eigenvalue weighted by Crippen LogP contribution is -2.53. The van der Waals surface area contributed by atoms with Crippen molar-refractivity contribution in [3.8, 4) is 0 Å². The van der Waals surface area contributed by atoms with Crippen LogP contribution in [0.25, 0.3) is 0 Å². The number of oxime groups is 1. The van der Waals surface area contributed by atoms with Crippen LogP contribution in [0.15, 0.2) is 5.16 Å². The van der Waals surface area contributed by atoms with Gasteiger partial charge in [0.2, 0.25) is 15.9 Å². The molecule has 0 aliphatic carbocycles. The first kappa shape index (κ1) is 15.7. The van der Waals surface area contributed by atoms with Gasteiger partial charge in [0, 0.05) is 26.2 Å². The van der Waals surface area contributed by atoms with Crippen LogP contribution in [-0.4, -0.2) is 67.0 Å². The van der Waals surface area contributed by atoms with Gasteiger partial charge in [-0.25, -0.2) is 8.42 Å². The summed E-state index contributed by atoms with van der Waals surface area (Å²) >= 11 is 0. The number of sulfonamides is 1. The Labute approximate surface area is 112 Å². The Morgan fingerprint density at radius 2 is 1.89 bits per heavy atom. The molecule has 0 aromatic carbocycles. The second-order valence-electron chi connectivity index (χ2n) is 4.47. The van der Waals surface area contributed by atoms with Crippen molar-refractivity contribution in [2.75, 3.05) is 32.4 Å². The SMILES string of the molecule is CCC(C(=O)N1CCN(S(C)(=O)=O)CC1)C(N)=NO. The summed E-state index contributed by atoms with van der Waals surface area (Å²) < 4.78 is 24.1. The van der Waals surface area contributed by atoms with Gasteiger partial charge in [0.1, 0.15) is 0 Å². The molecule has 1 atom stereocenters. The van der Waals surface area contributed by atoms with E-state index < -0.39 is 15.9 Å². The summed E-state index contributed by atoms with van der Waals surface area (Å²) in [5.41, 5.74) is 5.48. The summed E-state index contributed by atoms with van der Waals surface area (Å²) in [7, 11) is -3.21. The number of amides is 1. The second-order valence-corrected chi connectivity index (χ2v) is 6.46. The summed E-state index contributed by atoms with van der Waals surface area (Å²) in [4.78, 5) is 13.7. The maximum atomic E-state index is 12.2. The van der Waals surface area contributed by atoms with Crippen molar-refractivity contribution in [3.05, 3.63) is 0 Å². The van der Waals surface area contributed by atoms with Crippen LogP contribution in [0.5, 0.6) is 0 Å². The normalized spacial score (nSPS) is 20.3. The molecule has 0 radical (unpaired) electrons. The van der Waals surface area contributed by atoms with E-state index in [0.29, 0.717) is 19.5 Å². The molecule has 9 heteroatoms. The number of nitrogens with zero attached hydrogens (tertiary/aromatic N) is 3. The van der Waals surface area contributed by atoms with Crippen molar-refractivity contribution in [3.63, 3.8) is 0 Å². The van der Waals surface area contributed by atoms with Crippen LogP contribution in [0.3, 0.4) is 0 Å². The molecular formula is C10H20N4O4S. The summed E-state index contributed by atoms with van der Waals surface area (Å²) in [5.74, 6) is -1.00.